The minimum absolute atomic E-state index is 0.00338. The van der Waals surface area contributed by atoms with Gasteiger partial charge < -0.3 is 15.0 Å². The van der Waals surface area contributed by atoms with Gasteiger partial charge in [-0.3, -0.25) is 14.9 Å². The number of anilines is 1. The maximum atomic E-state index is 15.0. The number of aryl methyl sites for hydroxylation is 1. The van der Waals surface area contributed by atoms with E-state index in [4.69, 9.17) is 4.74 Å². The van der Waals surface area contributed by atoms with Crippen molar-refractivity contribution < 1.29 is 13.9 Å². The number of nitrogens with one attached hydrogen (secondary N) is 3. The van der Waals surface area contributed by atoms with Crippen LogP contribution in [-0.4, -0.2) is 65.1 Å². The van der Waals surface area contributed by atoms with E-state index in [0.29, 0.717) is 12.8 Å². The quantitative estimate of drug-likeness (QED) is 0.623. The SMILES string of the molecule is Cc1c(C2CC3C(CC2F)NNC3C(=O)Nc2ccc(OC3CCN(C)CC3)cc2)cnn1C. The first-order valence-electron chi connectivity index (χ1n) is 12.3. The van der Waals surface area contributed by atoms with Crippen LogP contribution >= 0.6 is 0 Å². The molecule has 3 heterocycles. The number of aromatic nitrogens is 2. The number of halogens is 1. The molecule has 184 valence electrons. The van der Waals surface area contributed by atoms with Gasteiger partial charge in [-0.15, -0.1) is 0 Å². The van der Waals surface area contributed by atoms with Crippen LogP contribution < -0.4 is 20.9 Å². The zero-order valence-corrected chi connectivity index (χ0v) is 20.1. The van der Waals surface area contributed by atoms with Gasteiger partial charge in [-0.1, -0.05) is 0 Å². The molecule has 1 aromatic heterocycles. The fourth-order valence-corrected chi connectivity index (χ4v) is 5.62. The van der Waals surface area contributed by atoms with E-state index in [2.05, 4.69) is 33.2 Å². The molecule has 5 atom stereocenters. The fourth-order valence-electron chi connectivity index (χ4n) is 5.62. The van der Waals surface area contributed by atoms with E-state index in [1.807, 2.05) is 38.2 Å². The van der Waals surface area contributed by atoms with Crippen molar-refractivity contribution in [2.24, 2.45) is 13.0 Å². The van der Waals surface area contributed by atoms with E-state index in [1.165, 1.54) is 0 Å². The summed E-state index contributed by atoms with van der Waals surface area (Å²) in [5.41, 5.74) is 8.93. The standard InChI is InChI=1S/C25H35FN6O2/c1-15-21(14-27-32(15)3)19-12-20-23(13-22(19)26)29-30-24(20)25(33)28-16-4-6-17(7-5-16)34-18-8-10-31(2)11-9-18/h4-7,14,18-20,22-24,29-30H,8-13H2,1-3H3,(H,28,33). The molecule has 2 saturated heterocycles. The van der Waals surface area contributed by atoms with Crippen LogP contribution in [0.2, 0.25) is 0 Å². The highest BCUT2D eigenvalue weighted by Crippen LogP contribution is 2.42. The molecule has 1 saturated carbocycles. The lowest BCUT2D eigenvalue weighted by atomic mass is 9.72. The van der Waals surface area contributed by atoms with E-state index < -0.39 is 12.2 Å². The van der Waals surface area contributed by atoms with Crippen LogP contribution in [0.15, 0.2) is 30.5 Å². The van der Waals surface area contributed by atoms with Crippen LogP contribution in [0.3, 0.4) is 0 Å². The number of hydrogen-bond acceptors (Lipinski definition) is 6. The minimum atomic E-state index is -0.961. The third kappa shape index (κ3) is 4.69. The van der Waals surface area contributed by atoms with Crippen molar-refractivity contribution >= 4 is 11.6 Å². The van der Waals surface area contributed by atoms with Gasteiger partial charge in [0.25, 0.3) is 0 Å². The first-order chi connectivity index (χ1) is 16.4. The molecule has 9 heteroatoms. The molecule has 3 N–H and O–H groups in total. The van der Waals surface area contributed by atoms with E-state index in [9.17, 15) is 4.79 Å². The second kappa shape index (κ2) is 9.64. The molecular formula is C25H35FN6O2. The predicted octanol–water partition coefficient (Wildman–Crippen LogP) is 2.52. The number of nitrogens with zero attached hydrogens (tertiary/aromatic N) is 3. The molecule has 0 radical (unpaired) electrons. The first kappa shape index (κ1) is 23.3. The Labute approximate surface area is 200 Å². The average molecular weight is 471 g/mol. The lowest BCUT2D eigenvalue weighted by Gasteiger charge is -2.35. The third-order valence-corrected chi connectivity index (χ3v) is 7.86. The highest BCUT2D eigenvalue weighted by atomic mass is 19.1. The van der Waals surface area contributed by atoms with Crippen molar-refractivity contribution in [2.45, 2.75) is 62.9 Å². The van der Waals surface area contributed by atoms with Gasteiger partial charge in [-0.25, -0.2) is 9.82 Å². The smallest absolute Gasteiger partial charge is 0.243 e. The number of rotatable bonds is 5. The molecule has 5 unspecified atom stereocenters. The Hall–Kier alpha value is -2.49. The molecule has 1 aromatic carbocycles. The van der Waals surface area contributed by atoms with Gasteiger partial charge in [0.05, 0.1) is 6.20 Å². The molecule has 5 rings (SSSR count). The first-order valence-corrected chi connectivity index (χ1v) is 12.3. The maximum Gasteiger partial charge on any atom is 0.243 e. The predicted molar refractivity (Wildman–Crippen MR) is 128 cm³/mol. The molecule has 1 aliphatic carbocycles. The summed E-state index contributed by atoms with van der Waals surface area (Å²) in [6.07, 6.45) is 4.08. The molecule has 3 aliphatic rings. The molecule has 2 aromatic rings. The highest BCUT2D eigenvalue weighted by molar-refractivity contribution is 5.95. The van der Waals surface area contributed by atoms with Crippen molar-refractivity contribution in [1.29, 1.82) is 0 Å². The zero-order chi connectivity index (χ0) is 23.8. The Morgan fingerprint density at radius 1 is 1.15 bits per heavy atom. The number of fused-ring (bicyclic) bond motifs is 1. The van der Waals surface area contributed by atoms with Crippen molar-refractivity contribution in [3.05, 3.63) is 41.7 Å². The number of amides is 1. The monoisotopic (exact) mass is 470 g/mol. The summed E-state index contributed by atoms with van der Waals surface area (Å²) in [6.45, 7) is 4.07. The highest BCUT2D eigenvalue weighted by Gasteiger charge is 2.48. The van der Waals surface area contributed by atoms with Crippen LogP contribution in [0.1, 0.15) is 42.9 Å². The number of likely N-dealkylation sites (tertiary alicyclic amines) is 1. The van der Waals surface area contributed by atoms with Crippen LogP contribution in [0, 0.1) is 12.8 Å². The molecule has 1 amide bonds. The zero-order valence-electron chi connectivity index (χ0n) is 20.1. The van der Waals surface area contributed by atoms with Gasteiger partial charge in [0.2, 0.25) is 5.91 Å². The van der Waals surface area contributed by atoms with Crippen molar-refractivity contribution in [3.8, 4) is 5.75 Å². The number of hydrogen-bond donors (Lipinski definition) is 3. The number of carbonyl (C=O) groups excluding carboxylic acids is 1. The van der Waals surface area contributed by atoms with Gasteiger partial charge in [0.1, 0.15) is 24.1 Å². The number of carbonyl (C=O) groups is 1. The van der Waals surface area contributed by atoms with Gasteiger partial charge in [-0.2, -0.15) is 5.10 Å². The van der Waals surface area contributed by atoms with E-state index in [-0.39, 0.29) is 29.9 Å². The minimum Gasteiger partial charge on any atom is -0.490 e. The lowest BCUT2D eigenvalue weighted by Crippen LogP contribution is -2.43. The molecule has 34 heavy (non-hydrogen) atoms. The second-order valence-corrected chi connectivity index (χ2v) is 10.1. The normalized spacial score (nSPS) is 30.2. The van der Waals surface area contributed by atoms with Gasteiger partial charge >= 0.3 is 0 Å². The molecule has 2 aliphatic heterocycles. The van der Waals surface area contributed by atoms with Crippen LogP contribution in [-0.2, 0) is 11.8 Å². The number of ether oxygens (including phenoxy) is 1. The molecule has 0 spiro atoms. The summed E-state index contributed by atoms with van der Waals surface area (Å²) in [5.74, 6) is 0.471. The number of benzene rings is 1. The Kier molecular flexibility index (Phi) is 6.59. The fraction of sp³-hybridized carbons (Fsp3) is 0.600. The molecule has 0 bridgehead atoms. The number of piperidine rings is 1. The molecule has 3 fully saturated rings. The molecular weight excluding hydrogens is 435 g/mol. The molecule has 8 nitrogen and oxygen atoms in total. The number of alkyl halides is 1. The summed E-state index contributed by atoms with van der Waals surface area (Å²) >= 11 is 0. The summed E-state index contributed by atoms with van der Waals surface area (Å²) in [5, 5.41) is 7.32. The Morgan fingerprint density at radius 3 is 2.56 bits per heavy atom. The lowest BCUT2D eigenvalue weighted by molar-refractivity contribution is -0.119. The Morgan fingerprint density at radius 2 is 1.88 bits per heavy atom. The Balaban J connectivity index is 1.20. The average Bonchev–Trinajstić information content (AvgIpc) is 3.38. The Bertz CT molecular complexity index is 1000. The summed E-state index contributed by atoms with van der Waals surface area (Å²) in [7, 11) is 4.00. The summed E-state index contributed by atoms with van der Waals surface area (Å²) in [6, 6.07) is 7.08. The van der Waals surface area contributed by atoms with Gasteiger partial charge in [0.15, 0.2) is 0 Å². The topological polar surface area (TPSA) is 83.4 Å². The van der Waals surface area contributed by atoms with Crippen LogP contribution in [0.25, 0.3) is 0 Å². The van der Waals surface area contributed by atoms with Gasteiger partial charge in [-0.05, 0) is 69.5 Å². The number of hydrazine groups is 1. The third-order valence-electron chi connectivity index (χ3n) is 7.86. The second-order valence-electron chi connectivity index (χ2n) is 10.1. The van der Waals surface area contributed by atoms with Crippen LogP contribution in [0.4, 0.5) is 10.1 Å². The van der Waals surface area contributed by atoms with E-state index >= 15 is 4.39 Å². The largest absolute Gasteiger partial charge is 0.490 e. The van der Waals surface area contributed by atoms with Crippen molar-refractivity contribution in [2.75, 3.05) is 25.5 Å². The van der Waals surface area contributed by atoms with Crippen molar-refractivity contribution in [1.82, 2.24) is 25.5 Å². The summed E-state index contributed by atoms with van der Waals surface area (Å²) in [4.78, 5) is 15.5. The van der Waals surface area contributed by atoms with Crippen molar-refractivity contribution in [3.63, 3.8) is 0 Å². The maximum absolute atomic E-state index is 15.0. The summed E-state index contributed by atoms with van der Waals surface area (Å²) < 4.78 is 22.9. The van der Waals surface area contributed by atoms with E-state index in [1.54, 1.807) is 10.9 Å². The van der Waals surface area contributed by atoms with Crippen LogP contribution in [0.5, 0.6) is 5.75 Å². The van der Waals surface area contributed by atoms with E-state index in [0.717, 1.165) is 48.6 Å². The van der Waals surface area contributed by atoms with Gasteiger partial charge in [0, 0.05) is 49.4 Å².